The molecule has 13 heteroatoms. The van der Waals surface area contributed by atoms with Crippen molar-refractivity contribution in [2.75, 3.05) is 37.6 Å². The predicted octanol–water partition coefficient (Wildman–Crippen LogP) is 3.41. The van der Waals surface area contributed by atoms with Crippen LogP contribution in [0.1, 0.15) is 24.2 Å². The maximum atomic E-state index is 13.0. The van der Waals surface area contributed by atoms with E-state index in [0.29, 0.717) is 22.4 Å². The van der Waals surface area contributed by atoms with Crippen molar-refractivity contribution in [1.82, 2.24) is 29.5 Å². The van der Waals surface area contributed by atoms with Crippen molar-refractivity contribution in [1.29, 1.82) is 0 Å². The fourth-order valence-electron chi connectivity index (χ4n) is 4.71. The summed E-state index contributed by atoms with van der Waals surface area (Å²) >= 11 is 0. The van der Waals surface area contributed by atoms with Gasteiger partial charge in [-0.1, -0.05) is 0 Å². The maximum absolute atomic E-state index is 13.0. The van der Waals surface area contributed by atoms with Crippen LogP contribution < -0.4 is 10.5 Å². The number of aromatic nitrogens is 5. The van der Waals surface area contributed by atoms with Gasteiger partial charge in [0, 0.05) is 38.4 Å². The molecule has 10 nitrogen and oxygen atoms in total. The van der Waals surface area contributed by atoms with E-state index in [2.05, 4.69) is 30.9 Å². The second-order valence-electron chi connectivity index (χ2n) is 9.98. The number of H-pyrrole nitrogens is 1. The number of alkyl halides is 3. The molecule has 1 aliphatic heterocycles. The van der Waals surface area contributed by atoms with Crippen LogP contribution in [0, 0.1) is 19.8 Å². The van der Waals surface area contributed by atoms with Crippen LogP contribution in [0.4, 0.5) is 18.9 Å². The van der Waals surface area contributed by atoms with Gasteiger partial charge in [0.25, 0.3) is 5.56 Å². The lowest BCUT2D eigenvalue weighted by molar-refractivity contribution is -0.192. The third-order valence-electron chi connectivity index (χ3n) is 6.88. The van der Waals surface area contributed by atoms with Gasteiger partial charge in [-0.15, -0.1) is 0 Å². The van der Waals surface area contributed by atoms with Gasteiger partial charge in [-0.2, -0.15) is 18.3 Å². The van der Waals surface area contributed by atoms with E-state index in [1.54, 1.807) is 4.52 Å². The van der Waals surface area contributed by atoms with E-state index < -0.39 is 12.1 Å². The number of fused-ring (bicyclic) bond motifs is 2. The Morgan fingerprint density at radius 2 is 1.79 bits per heavy atom. The van der Waals surface area contributed by atoms with Crippen molar-refractivity contribution in [3.8, 4) is 11.5 Å². The van der Waals surface area contributed by atoms with Crippen molar-refractivity contribution in [2.45, 2.75) is 32.9 Å². The van der Waals surface area contributed by atoms with Crippen molar-refractivity contribution in [2.24, 2.45) is 5.92 Å². The number of carboxylic acid groups (broad SMARTS) is 1. The van der Waals surface area contributed by atoms with E-state index in [1.807, 2.05) is 38.2 Å². The van der Waals surface area contributed by atoms with Crippen LogP contribution in [0.15, 0.2) is 35.3 Å². The Balaban J connectivity index is 0.000000392. The average Bonchev–Trinajstić information content (AvgIpc) is 3.59. The van der Waals surface area contributed by atoms with Crippen molar-refractivity contribution >= 4 is 28.1 Å². The molecule has 6 rings (SSSR count). The van der Waals surface area contributed by atoms with Crippen LogP contribution in [0.3, 0.4) is 0 Å². The summed E-state index contributed by atoms with van der Waals surface area (Å²) in [4.78, 5) is 38.9. The summed E-state index contributed by atoms with van der Waals surface area (Å²) in [6.45, 7) is 9.31. The molecular weight excluding hydrogens is 515 g/mol. The number of rotatable bonds is 4. The minimum Gasteiger partial charge on any atom is -0.475 e. The number of piperazine rings is 1. The Morgan fingerprint density at radius 3 is 2.44 bits per heavy atom. The van der Waals surface area contributed by atoms with Crippen molar-refractivity contribution < 1.29 is 23.1 Å². The zero-order valence-corrected chi connectivity index (χ0v) is 21.5. The van der Waals surface area contributed by atoms with Gasteiger partial charge in [-0.3, -0.25) is 14.7 Å². The van der Waals surface area contributed by atoms with Gasteiger partial charge in [-0.05, 0) is 56.9 Å². The standard InChI is InChI=1S/C24H27N7O.C2HF3O2/c1-15-13-31-22(16(2)25-15)12-21(28-31)23-26-20-6-5-18(11-19(20)24(32)27-23)30-9-7-29(8-10-30)14-17-3-4-17;3-2(4,5)1(6)7/h5-6,11-13,17H,3-4,7-10,14H2,1-2H3,(H,26,27,32);(H,6,7). The number of aryl methyl sites for hydroxylation is 2. The summed E-state index contributed by atoms with van der Waals surface area (Å²) in [5, 5.41) is 12.3. The smallest absolute Gasteiger partial charge is 0.475 e. The van der Waals surface area contributed by atoms with Gasteiger partial charge >= 0.3 is 12.1 Å². The van der Waals surface area contributed by atoms with E-state index in [0.717, 1.165) is 54.7 Å². The van der Waals surface area contributed by atoms with Crippen molar-refractivity contribution in [3.63, 3.8) is 0 Å². The second kappa shape index (κ2) is 10.3. The number of hydrogen-bond donors (Lipinski definition) is 2. The minimum atomic E-state index is -5.08. The quantitative estimate of drug-likeness (QED) is 0.402. The minimum absolute atomic E-state index is 0.137. The molecule has 206 valence electrons. The molecule has 1 saturated heterocycles. The Bertz CT molecular complexity index is 1590. The Kier molecular flexibility index (Phi) is 7.02. The number of halogens is 3. The van der Waals surface area contributed by atoms with E-state index in [-0.39, 0.29) is 5.56 Å². The van der Waals surface area contributed by atoms with Gasteiger partial charge in [0.15, 0.2) is 5.82 Å². The topological polar surface area (TPSA) is 120 Å². The highest BCUT2D eigenvalue weighted by Crippen LogP contribution is 2.30. The molecule has 0 atom stereocenters. The number of carbonyl (C=O) groups is 1. The first-order chi connectivity index (χ1) is 18.5. The molecule has 2 fully saturated rings. The molecule has 1 aromatic carbocycles. The molecule has 1 saturated carbocycles. The van der Waals surface area contributed by atoms with Gasteiger partial charge in [0.1, 0.15) is 5.69 Å². The molecule has 2 N–H and O–H groups in total. The molecule has 4 aromatic rings. The number of nitrogens with one attached hydrogen (secondary N) is 1. The first kappa shape index (κ1) is 26.6. The van der Waals surface area contributed by atoms with Crippen molar-refractivity contribution in [3.05, 3.63) is 52.2 Å². The fourth-order valence-corrected chi connectivity index (χ4v) is 4.71. The number of nitrogens with zero attached hydrogens (tertiary/aromatic N) is 6. The third-order valence-corrected chi connectivity index (χ3v) is 6.88. The molecule has 0 radical (unpaired) electrons. The van der Waals surface area contributed by atoms with E-state index in [1.165, 1.54) is 19.4 Å². The van der Waals surface area contributed by atoms with Crippen LogP contribution in [0.5, 0.6) is 0 Å². The first-order valence-electron chi connectivity index (χ1n) is 12.6. The van der Waals surface area contributed by atoms with Crippen LogP contribution in [0.2, 0.25) is 0 Å². The molecule has 3 aromatic heterocycles. The molecule has 0 amide bonds. The summed E-state index contributed by atoms with van der Waals surface area (Å²) in [6.07, 6.45) is -0.414. The molecule has 4 heterocycles. The monoisotopic (exact) mass is 543 g/mol. The molecular formula is C26H28F3N7O3. The number of benzene rings is 1. The fraction of sp³-hybridized carbons (Fsp3) is 0.423. The first-order valence-corrected chi connectivity index (χ1v) is 12.6. The summed E-state index contributed by atoms with van der Waals surface area (Å²) in [6, 6.07) is 7.92. The lowest BCUT2D eigenvalue weighted by atomic mass is 10.1. The second-order valence-corrected chi connectivity index (χ2v) is 9.98. The molecule has 2 aliphatic rings. The highest BCUT2D eigenvalue weighted by Gasteiger charge is 2.38. The van der Waals surface area contributed by atoms with E-state index in [9.17, 15) is 18.0 Å². The predicted molar refractivity (Wildman–Crippen MR) is 139 cm³/mol. The Morgan fingerprint density at radius 1 is 1.10 bits per heavy atom. The van der Waals surface area contributed by atoms with Crippen LogP contribution in [-0.2, 0) is 4.79 Å². The van der Waals surface area contributed by atoms with E-state index in [4.69, 9.17) is 14.9 Å². The number of carboxylic acids is 1. The molecule has 39 heavy (non-hydrogen) atoms. The summed E-state index contributed by atoms with van der Waals surface area (Å²) < 4.78 is 33.5. The largest absolute Gasteiger partial charge is 0.490 e. The summed E-state index contributed by atoms with van der Waals surface area (Å²) in [5.41, 5.74) is 4.97. The number of aromatic amines is 1. The Hall–Kier alpha value is -4.00. The van der Waals surface area contributed by atoms with E-state index >= 15 is 0 Å². The van der Waals surface area contributed by atoms with Gasteiger partial charge in [-0.25, -0.2) is 14.3 Å². The summed E-state index contributed by atoms with van der Waals surface area (Å²) in [5.74, 6) is -1.35. The number of aliphatic carboxylic acids is 1. The third kappa shape index (κ3) is 6.03. The summed E-state index contributed by atoms with van der Waals surface area (Å²) in [7, 11) is 0. The molecule has 1 aliphatic carbocycles. The zero-order chi connectivity index (χ0) is 27.9. The van der Waals surface area contributed by atoms with Crippen LogP contribution in [0.25, 0.3) is 27.9 Å². The lowest BCUT2D eigenvalue weighted by Gasteiger charge is -2.36. The highest BCUT2D eigenvalue weighted by atomic mass is 19.4. The normalized spacial score (nSPS) is 16.4. The average molecular weight is 544 g/mol. The van der Waals surface area contributed by atoms with Gasteiger partial charge in [0.2, 0.25) is 0 Å². The number of anilines is 1. The number of hydrogen-bond acceptors (Lipinski definition) is 7. The SMILES string of the molecule is Cc1cn2nc(-c3nc4ccc(N5CCN(CC6CC6)CC5)cc4c(=O)[nH]3)cc2c(C)n1.O=C(O)C(F)(F)F. The molecule has 0 unspecified atom stereocenters. The van der Waals surface area contributed by atoms with Crippen LogP contribution >= 0.6 is 0 Å². The molecule has 0 bridgehead atoms. The van der Waals surface area contributed by atoms with Gasteiger partial charge in [0.05, 0.1) is 34.0 Å². The highest BCUT2D eigenvalue weighted by molar-refractivity contribution is 5.83. The van der Waals surface area contributed by atoms with Gasteiger partial charge < -0.3 is 15.0 Å². The maximum Gasteiger partial charge on any atom is 0.490 e. The van der Waals surface area contributed by atoms with Crippen LogP contribution in [-0.4, -0.2) is 79.4 Å². The zero-order valence-electron chi connectivity index (χ0n) is 21.5. The Labute approximate surface area is 221 Å². The lowest BCUT2D eigenvalue weighted by Crippen LogP contribution is -2.47. The molecule has 0 spiro atoms.